The van der Waals surface area contributed by atoms with Crippen LogP contribution in [-0.2, 0) is 0 Å². The van der Waals surface area contributed by atoms with Gasteiger partial charge in [-0.1, -0.05) is 30.3 Å². The van der Waals surface area contributed by atoms with Crippen LogP contribution < -0.4 is 0 Å². The SMILES string of the molecule is C=N.C=N.O=C(Cl)c1ccccc1. The van der Waals surface area contributed by atoms with Crippen molar-refractivity contribution < 1.29 is 4.79 Å². The smallest absolute Gasteiger partial charge is 0.252 e. The van der Waals surface area contributed by atoms with E-state index in [1.54, 1.807) is 24.3 Å². The van der Waals surface area contributed by atoms with Crippen molar-refractivity contribution >= 4 is 30.3 Å². The molecule has 0 atom stereocenters. The number of carbonyl (C=O) groups is 1. The molecule has 0 bridgehead atoms. The first-order chi connectivity index (χ1) is 6.30. The summed E-state index contributed by atoms with van der Waals surface area (Å²) >= 11 is 5.16. The predicted molar refractivity (Wildman–Crippen MR) is 56.3 cm³/mol. The van der Waals surface area contributed by atoms with Gasteiger partial charge in [0, 0.05) is 5.56 Å². The van der Waals surface area contributed by atoms with Gasteiger partial charge in [0.2, 0.25) is 0 Å². The molecule has 13 heavy (non-hydrogen) atoms. The van der Waals surface area contributed by atoms with E-state index in [1.807, 2.05) is 6.07 Å². The van der Waals surface area contributed by atoms with Gasteiger partial charge in [0.1, 0.15) is 0 Å². The zero-order valence-corrected chi connectivity index (χ0v) is 7.84. The fourth-order valence-electron chi connectivity index (χ4n) is 0.569. The molecule has 4 heteroatoms. The second kappa shape index (κ2) is 10.5. The minimum Gasteiger partial charge on any atom is -0.317 e. The fourth-order valence-corrected chi connectivity index (χ4v) is 0.695. The molecule has 0 aliphatic rings. The Labute approximate surface area is 82.4 Å². The number of carbonyl (C=O) groups excluding carboxylic acids is 1. The van der Waals surface area contributed by atoms with Crippen LogP contribution in [0, 0.1) is 10.8 Å². The molecule has 0 fully saturated rings. The van der Waals surface area contributed by atoms with Gasteiger partial charge in [-0.3, -0.25) is 4.79 Å². The minimum atomic E-state index is -0.407. The minimum absolute atomic E-state index is 0.407. The zero-order valence-electron chi connectivity index (χ0n) is 7.09. The summed E-state index contributed by atoms with van der Waals surface area (Å²) in [6.45, 7) is 5.00. The molecule has 0 radical (unpaired) electrons. The molecule has 0 unspecified atom stereocenters. The van der Waals surface area contributed by atoms with E-state index in [1.165, 1.54) is 0 Å². The first-order valence-corrected chi connectivity index (χ1v) is 3.64. The van der Waals surface area contributed by atoms with Gasteiger partial charge in [0.05, 0.1) is 0 Å². The Hall–Kier alpha value is -1.48. The Morgan fingerprint density at radius 1 is 1.08 bits per heavy atom. The number of nitrogens with one attached hydrogen (secondary N) is 2. The van der Waals surface area contributed by atoms with E-state index < -0.39 is 5.24 Å². The van der Waals surface area contributed by atoms with Crippen molar-refractivity contribution in [2.45, 2.75) is 0 Å². The van der Waals surface area contributed by atoms with Crippen molar-refractivity contribution in [2.75, 3.05) is 0 Å². The maximum atomic E-state index is 10.4. The first kappa shape index (κ1) is 14.1. The molecule has 1 rings (SSSR count). The van der Waals surface area contributed by atoms with Gasteiger partial charge in [-0.15, -0.1) is 0 Å². The molecular weight excluding hydrogens is 188 g/mol. The number of rotatable bonds is 1. The van der Waals surface area contributed by atoms with Gasteiger partial charge in [-0.2, -0.15) is 0 Å². The van der Waals surface area contributed by atoms with Gasteiger partial charge in [0.25, 0.3) is 5.24 Å². The van der Waals surface area contributed by atoms with Crippen LogP contribution in [0.2, 0.25) is 0 Å². The van der Waals surface area contributed by atoms with E-state index in [0.29, 0.717) is 5.56 Å². The van der Waals surface area contributed by atoms with Gasteiger partial charge in [-0.25, -0.2) is 0 Å². The lowest BCUT2D eigenvalue weighted by atomic mass is 10.2. The summed E-state index contributed by atoms with van der Waals surface area (Å²) in [4.78, 5) is 10.4. The lowest BCUT2D eigenvalue weighted by Gasteiger charge is -1.87. The number of halogens is 1. The van der Waals surface area contributed by atoms with Gasteiger partial charge in [0.15, 0.2) is 0 Å². The second-order valence-corrected chi connectivity index (χ2v) is 1.98. The molecule has 0 heterocycles. The lowest BCUT2D eigenvalue weighted by molar-refractivity contribution is 0.108. The summed E-state index contributed by atoms with van der Waals surface area (Å²) < 4.78 is 0. The Kier molecular flexibility index (Phi) is 11.4. The van der Waals surface area contributed by atoms with Crippen LogP contribution in [0.4, 0.5) is 0 Å². The highest BCUT2D eigenvalue weighted by Gasteiger charge is 1.95. The maximum absolute atomic E-state index is 10.4. The third-order valence-electron chi connectivity index (χ3n) is 1.00. The molecule has 0 saturated heterocycles. The quantitative estimate of drug-likeness (QED) is 0.529. The topological polar surface area (TPSA) is 64.8 Å². The molecule has 0 aliphatic heterocycles. The molecule has 1 aromatic rings. The van der Waals surface area contributed by atoms with Crippen molar-refractivity contribution in [3.63, 3.8) is 0 Å². The third kappa shape index (κ3) is 6.90. The van der Waals surface area contributed by atoms with E-state index in [4.69, 9.17) is 22.4 Å². The van der Waals surface area contributed by atoms with Crippen LogP contribution in [0.25, 0.3) is 0 Å². The summed E-state index contributed by atoms with van der Waals surface area (Å²) in [5.41, 5.74) is 0.541. The fraction of sp³-hybridized carbons (Fsp3) is 0. The van der Waals surface area contributed by atoms with Crippen LogP contribution in [0.5, 0.6) is 0 Å². The van der Waals surface area contributed by atoms with Crippen molar-refractivity contribution in [3.05, 3.63) is 35.9 Å². The van der Waals surface area contributed by atoms with E-state index in [9.17, 15) is 4.79 Å². The standard InChI is InChI=1S/C7H5ClO.2CH3N/c8-7(9)6-4-2-1-3-5-6;2*1-2/h1-5H;2*2H,1H2. The highest BCUT2D eigenvalue weighted by Crippen LogP contribution is 2.01. The summed E-state index contributed by atoms with van der Waals surface area (Å²) in [5, 5.41) is 10.6. The predicted octanol–water partition coefficient (Wildman–Crippen LogP) is 2.60. The Morgan fingerprint density at radius 2 is 1.46 bits per heavy atom. The van der Waals surface area contributed by atoms with Crippen molar-refractivity contribution in [3.8, 4) is 0 Å². The van der Waals surface area contributed by atoms with Crippen LogP contribution in [0.3, 0.4) is 0 Å². The third-order valence-corrected chi connectivity index (χ3v) is 1.22. The van der Waals surface area contributed by atoms with Crippen LogP contribution >= 0.6 is 11.6 Å². The molecule has 0 spiro atoms. The first-order valence-electron chi connectivity index (χ1n) is 3.26. The van der Waals surface area contributed by atoms with Crippen LogP contribution in [0.15, 0.2) is 30.3 Å². The van der Waals surface area contributed by atoms with Crippen molar-refractivity contribution in [1.82, 2.24) is 0 Å². The molecule has 0 aliphatic carbocycles. The Balaban J connectivity index is 0. The summed E-state index contributed by atoms with van der Waals surface area (Å²) in [6.07, 6.45) is 0. The van der Waals surface area contributed by atoms with Gasteiger partial charge >= 0.3 is 0 Å². The van der Waals surface area contributed by atoms with E-state index in [-0.39, 0.29) is 0 Å². The van der Waals surface area contributed by atoms with Gasteiger partial charge in [-0.05, 0) is 25.0 Å². The monoisotopic (exact) mass is 198 g/mol. The molecule has 3 nitrogen and oxygen atoms in total. The van der Waals surface area contributed by atoms with Crippen LogP contribution in [-0.4, -0.2) is 18.7 Å². The second-order valence-electron chi connectivity index (χ2n) is 1.64. The molecule has 0 amide bonds. The summed E-state index contributed by atoms with van der Waals surface area (Å²) in [5.74, 6) is 0. The highest BCUT2D eigenvalue weighted by atomic mass is 35.5. The van der Waals surface area contributed by atoms with E-state index in [2.05, 4.69) is 13.4 Å². The van der Waals surface area contributed by atoms with Crippen molar-refractivity contribution in [1.29, 1.82) is 10.8 Å². The molecular formula is C9H11ClN2O. The molecule has 2 N–H and O–H groups in total. The normalized spacial score (nSPS) is 6.85. The summed E-state index contributed by atoms with van der Waals surface area (Å²) in [6, 6.07) is 8.74. The van der Waals surface area contributed by atoms with Crippen molar-refractivity contribution in [2.24, 2.45) is 0 Å². The van der Waals surface area contributed by atoms with Gasteiger partial charge < -0.3 is 10.8 Å². The van der Waals surface area contributed by atoms with E-state index >= 15 is 0 Å². The molecule has 0 aromatic heterocycles. The van der Waals surface area contributed by atoms with E-state index in [0.717, 1.165) is 0 Å². The Bertz CT molecular complexity index is 237. The summed E-state index contributed by atoms with van der Waals surface area (Å²) in [7, 11) is 0. The largest absolute Gasteiger partial charge is 0.317 e. The molecule has 0 saturated carbocycles. The molecule has 70 valence electrons. The Morgan fingerprint density at radius 3 is 1.69 bits per heavy atom. The number of benzene rings is 1. The number of hydrogen-bond acceptors (Lipinski definition) is 3. The average molecular weight is 199 g/mol. The number of hydrogen-bond donors (Lipinski definition) is 2. The van der Waals surface area contributed by atoms with Crippen LogP contribution in [0.1, 0.15) is 10.4 Å². The maximum Gasteiger partial charge on any atom is 0.252 e. The highest BCUT2D eigenvalue weighted by molar-refractivity contribution is 6.67. The average Bonchev–Trinajstić information content (AvgIpc) is 2.25. The molecule has 1 aromatic carbocycles. The zero-order chi connectivity index (χ0) is 10.7. The lowest BCUT2D eigenvalue weighted by Crippen LogP contribution is -1.84.